The molecule has 2 aromatic rings. The molecule has 3 rings (SSSR count). The van der Waals surface area contributed by atoms with Gasteiger partial charge in [-0.05, 0) is 30.7 Å². The molecule has 1 fully saturated rings. The van der Waals surface area contributed by atoms with E-state index in [1.165, 1.54) is 10.7 Å². The first kappa shape index (κ1) is 14.0. The van der Waals surface area contributed by atoms with E-state index in [-0.39, 0.29) is 17.8 Å². The van der Waals surface area contributed by atoms with E-state index >= 15 is 0 Å². The number of ether oxygens (including phenoxy) is 1. The summed E-state index contributed by atoms with van der Waals surface area (Å²) >= 11 is 0. The fourth-order valence-corrected chi connectivity index (χ4v) is 2.28. The Kier molecular flexibility index (Phi) is 3.65. The van der Waals surface area contributed by atoms with Gasteiger partial charge < -0.3 is 15.2 Å². The third-order valence-corrected chi connectivity index (χ3v) is 3.73. The van der Waals surface area contributed by atoms with Crippen LogP contribution >= 0.6 is 0 Å². The zero-order valence-corrected chi connectivity index (χ0v) is 11.8. The molecule has 6 heteroatoms. The van der Waals surface area contributed by atoms with Crippen LogP contribution in [0.2, 0.25) is 0 Å². The van der Waals surface area contributed by atoms with E-state index in [1.54, 1.807) is 24.5 Å². The molecule has 1 aliphatic heterocycles. The molecule has 5 nitrogen and oxygen atoms in total. The molecule has 0 amide bonds. The summed E-state index contributed by atoms with van der Waals surface area (Å²) in [5.41, 5.74) is 1.83. The highest BCUT2D eigenvalue weighted by Crippen LogP contribution is 2.27. The van der Waals surface area contributed by atoms with E-state index in [9.17, 15) is 9.50 Å². The molecule has 0 saturated carbocycles. The van der Waals surface area contributed by atoms with Crippen LogP contribution in [0, 0.1) is 18.2 Å². The topological polar surface area (TPSA) is 59.3 Å². The van der Waals surface area contributed by atoms with Crippen molar-refractivity contribution in [1.82, 2.24) is 9.78 Å². The molecule has 0 unspecified atom stereocenters. The Bertz CT molecular complexity index is 632. The summed E-state index contributed by atoms with van der Waals surface area (Å²) in [6.07, 6.45) is 3.46. The highest BCUT2D eigenvalue weighted by molar-refractivity contribution is 5.49. The van der Waals surface area contributed by atoms with Gasteiger partial charge in [0.25, 0.3) is 0 Å². The number of nitrogens with zero attached hydrogens (tertiary/aromatic N) is 2. The van der Waals surface area contributed by atoms with Gasteiger partial charge in [-0.25, -0.2) is 9.07 Å². The van der Waals surface area contributed by atoms with Crippen LogP contribution in [0.1, 0.15) is 5.56 Å². The molecule has 21 heavy (non-hydrogen) atoms. The van der Waals surface area contributed by atoms with Gasteiger partial charge in [0.2, 0.25) is 0 Å². The van der Waals surface area contributed by atoms with Gasteiger partial charge in [0.15, 0.2) is 5.82 Å². The number of nitrogens with one attached hydrogen (secondary N) is 1. The molecule has 112 valence electrons. The monoisotopic (exact) mass is 291 g/mol. The second-order valence-electron chi connectivity index (χ2n) is 5.63. The Balaban J connectivity index is 1.72. The van der Waals surface area contributed by atoms with Gasteiger partial charge in [-0.1, -0.05) is 0 Å². The number of aryl methyl sites for hydroxylation is 1. The van der Waals surface area contributed by atoms with Crippen molar-refractivity contribution >= 4 is 5.69 Å². The molecule has 1 saturated heterocycles. The minimum atomic E-state index is -0.342. The zero-order chi connectivity index (χ0) is 14.9. The minimum absolute atomic E-state index is 0.0626. The minimum Gasteiger partial charge on any atom is -0.396 e. The summed E-state index contributed by atoms with van der Waals surface area (Å²) in [6.45, 7) is 3.59. The van der Waals surface area contributed by atoms with Gasteiger partial charge in [-0.15, -0.1) is 0 Å². The lowest BCUT2D eigenvalue weighted by Gasteiger charge is -2.40. The maximum absolute atomic E-state index is 14.2. The molecule has 0 bridgehead atoms. The Morgan fingerprint density at radius 3 is 2.81 bits per heavy atom. The van der Waals surface area contributed by atoms with Crippen LogP contribution in [0.4, 0.5) is 10.1 Å². The number of benzene rings is 1. The van der Waals surface area contributed by atoms with Crippen LogP contribution in [0.25, 0.3) is 5.69 Å². The Labute approximate surface area is 122 Å². The summed E-state index contributed by atoms with van der Waals surface area (Å²) in [7, 11) is 0. The Hall–Kier alpha value is -1.92. The van der Waals surface area contributed by atoms with Crippen molar-refractivity contribution in [1.29, 1.82) is 0 Å². The fraction of sp³-hybridized carbons (Fsp3) is 0.400. The third kappa shape index (κ3) is 2.77. The molecule has 1 aliphatic rings. The van der Waals surface area contributed by atoms with Gasteiger partial charge in [0, 0.05) is 18.4 Å². The third-order valence-electron chi connectivity index (χ3n) is 3.73. The predicted molar refractivity (Wildman–Crippen MR) is 77.1 cm³/mol. The van der Waals surface area contributed by atoms with E-state index in [2.05, 4.69) is 10.4 Å². The first-order chi connectivity index (χ1) is 10.1. The van der Waals surface area contributed by atoms with Gasteiger partial charge >= 0.3 is 0 Å². The highest BCUT2D eigenvalue weighted by Gasteiger charge is 2.37. The second kappa shape index (κ2) is 5.46. The number of rotatable bonds is 5. The normalized spacial score (nSPS) is 16.5. The van der Waals surface area contributed by atoms with E-state index in [0.717, 1.165) is 5.56 Å². The van der Waals surface area contributed by atoms with Gasteiger partial charge in [0.05, 0.1) is 31.4 Å². The Morgan fingerprint density at radius 2 is 2.29 bits per heavy atom. The first-order valence-corrected chi connectivity index (χ1v) is 6.86. The molecule has 2 heterocycles. The molecule has 1 aromatic carbocycles. The van der Waals surface area contributed by atoms with Crippen LogP contribution in [-0.4, -0.2) is 41.3 Å². The predicted octanol–water partition coefficient (Wildman–Crippen LogP) is 1.74. The lowest BCUT2D eigenvalue weighted by Crippen LogP contribution is -2.50. The van der Waals surface area contributed by atoms with Crippen molar-refractivity contribution in [2.24, 2.45) is 5.41 Å². The molecule has 0 radical (unpaired) electrons. The van der Waals surface area contributed by atoms with E-state index < -0.39 is 0 Å². The van der Waals surface area contributed by atoms with Crippen molar-refractivity contribution in [3.8, 4) is 5.69 Å². The zero-order valence-electron chi connectivity index (χ0n) is 11.8. The number of hydrogen-bond acceptors (Lipinski definition) is 4. The van der Waals surface area contributed by atoms with Crippen LogP contribution in [0.15, 0.2) is 30.6 Å². The Morgan fingerprint density at radius 1 is 1.48 bits per heavy atom. The number of hydrogen-bond donors (Lipinski definition) is 2. The van der Waals surface area contributed by atoms with Gasteiger partial charge in [0.1, 0.15) is 5.69 Å². The van der Waals surface area contributed by atoms with Gasteiger partial charge in [-0.2, -0.15) is 5.10 Å². The average molecular weight is 291 g/mol. The van der Waals surface area contributed by atoms with Crippen molar-refractivity contribution < 1.29 is 14.2 Å². The molecule has 2 N–H and O–H groups in total. The largest absolute Gasteiger partial charge is 0.396 e. The van der Waals surface area contributed by atoms with Crippen LogP contribution < -0.4 is 5.32 Å². The van der Waals surface area contributed by atoms with E-state index in [0.29, 0.717) is 31.1 Å². The van der Waals surface area contributed by atoms with Crippen LogP contribution in [0.3, 0.4) is 0 Å². The summed E-state index contributed by atoms with van der Waals surface area (Å²) in [4.78, 5) is 0. The summed E-state index contributed by atoms with van der Waals surface area (Å²) in [5.74, 6) is -0.342. The standard InChI is InChI=1S/C15H18FN3O2/c1-11-5-18-19(6-11)14-3-2-12(4-13(14)16)17-7-15(8-20)9-21-10-15/h2-6,17,20H,7-10H2,1H3. The molecule has 0 spiro atoms. The molecular formula is C15H18FN3O2. The highest BCUT2D eigenvalue weighted by atomic mass is 19.1. The van der Waals surface area contributed by atoms with Crippen LogP contribution in [0.5, 0.6) is 0 Å². The summed E-state index contributed by atoms with van der Waals surface area (Å²) < 4.78 is 20.8. The second-order valence-corrected chi connectivity index (χ2v) is 5.63. The van der Waals surface area contributed by atoms with Crippen molar-refractivity contribution in [3.05, 3.63) is 42.0 Å². The fourth-order valence-electron chi connectivity index (χ4n) is 2.28. The van der Waals surface area contributed by atoms with Crippen molar-refractivity contribution in [2.45, 2.75) is 6.92 Å². The lowest BCUT2D eigenvalue weighted by molar-refractivity contribution is -0.128. The smallest absolute Gasteiger partial charge is 0.150 e. The maximum Gasteiger partial charge on any atom is 0.150 e. The number of halogens is 1. The number of aliphatic hydroxyl groups excluding tert-OH is 1. The number of aromatic nitrogens is 2. The van der Waals surface area contributed by atoms with E-state index in [4.69, 9.17) is 4.74 Å². The quantitative estimate of drug-likeness (QED) is 0.881. The maximum atomic E-state index is 14.2. The van der Waals surface area contributed by atoms with Crippen molar-refractivity contribution in [3.63, 3.8) is 0 Å². The molecule has 0 atom stereocenters. The van der Waals surface area contributed by atoms with Crippen molar-refractivity contribution in [2.75, 3.05) is 31.7 Å². The summed E-state index contributed by atoms with van der Waals surface area (Å²) in [6, 6.07) is 4.93. The van der Waals surface area contributed by atoms with Crippen LogP contribution in [-0.2, 0) is 4.74 Å². The first-order valence-electron chi connectivity index (χ1n) is 6.86. The van der Waals surface area contributed by atoms with Gasteiger partial charge in [-0.3, -0.25) is 0 Å². The molecule has 0 aliphatic carbocycles. The lowest BCUT2D eigenvalue weighted by atomic mass is 9.87. The van der Waals surface area contributed by atoms with E-state index in [1.807, 2.05) is 6.92 Å². The number of aliphatic hydroxyl groups is 1. The SMILES string of the molecule is Cc1cnn(-c2ccc(NCC3(CO)COC3)cc2F)c1. The summed E-state index contributed by atoms with van der Waals surface area (Å²) in [5, 5.41) is 16.6. The average Bonchev–Trinajstić information content (AvgIpc) is 2.84. The molecular weight excluding hydrogens is 273 g/mol. The number of anilines is 1. The molecule has 1 aromatic heterocycles.